The van der Waals surface area contributed by atoms with Gasteiger partial charge in [0.1, 0.15) is 5.75 Å². The molecule has 180 valence electrons. The summed E-state index contributed by atoms with van der Waals surface area (Å²) in [5.41, 5.74) is 1.91. The third kappa shape index (κ3) is 8.17. The lowest BCUT2D eigenvalue weighted by molar-refractivity contribution is -0.118. The van der Waals surface area contributed by atoms with E-state index >= 15 is 0 Å². The number of carbonyl (C=O) groups is 2. The second-order valence-corrected chi connectivity index (χ2v) is 7.53. The molecule has 0 spiro atoms. The Bertz CT molecular complexity index is 1210. The van der Waals surface area contributed by atoms with Crippen molar-refractivity contribution in [3.05, 3.63) is 84.4 Å². The molecule has 0 atom stereocenters. The number of ether oxygens (including phenoxy) is 3. The highest BCUT2D eigenvalue weighted by Gasteiger charge is 2.07. The van der Waals surface area contributed by atoms with Crippen LogP contribution in [0.4, 0.5) is 11.4 Å². The van der Waals surface area contributed by atoms with Gasteiger partial charge in [-0.2, -0.15) is 0 Å². The molecule has 0 saturated heterocycles. The van der Waals surface area contributed by atoms with E-state index in [4.69, 9.17) is 26.4 Å². The molecular formula is C26H25N3O5S. The summed E-state index contributed by atoms with van der Waals surface area (Å²) in [5, 5.41) is 8.37. The molecular weight excluding hydrogens is 466 g/mol. The minimum atomic E-state index is -0.403. The highest BCUT2D eigenvalue weighted by Crippen LogP contribution is 2.27. The van der Waals surface area contributed by atoms with E-state index in [9.17, 15) is 9.59 Å². The van der Waals surface area contributed by atoms with Crippen LogP contribution in [0, 0.1) is 0 Å². The fraction of sp³-hybridized carbons (Fsp3) is 0.115. The van der Waals surface area contributed by atoms with Crippen LogP contribution in [-0.4, -0.2) is 37.8 Å². The summed E-state index contributed by atoms with van der Waals surface area (Å²) in [6.45, 7) is -0.122. The summed E-state index contributed by atoms with van der Waals surface area (Å²) < 4.78 is 15.9. The van der Waals surface area contributed by atoms with E-state index in [1.807, 2.05) is 18.2 Å². The smallest absolute Gasteiger partial charge is 0.262 e. The second kappa shape index (κ2) is 12.8. The number of amides is 2. The Labute approximate surface area is 208 Å². The van der Waals surface area contributed by atoms with Crippen LogP contribution in [0.3, 0.4) is 0 Å². The van der Waals surface area contributed by atoms with Gasteiger partial charge in [0.05, 0.1) is 14.2 Å². The molecule has 0 unspecified atom stereocenters. The molecule has 0 aliphatic carbocycles. The zero-order valence-electron chi connectivity index (χ0n) is 19.2. The van der Waals surface area contributed by atoms with E-state index in [-0.39, 0.29) is 17.6 Å². The Morgan fingerprint density at radius 2 is 1.57 bits per heavy atom. The summed E-state index contributed by atoms with van der Waals surface area (Å²) in [5.74, 6) is 1.06. The zero-order valence-corrected chi connectivity index (χ0v) is 20.1. The molecule has 0 aliphatic heterocycles. The largest absolute Gasteiger partial charge is 0.493 e. The predicted octanol–water partition coefficient (Wildman–Crippen LogP) is 4.25. The standard InChI is InChI=1S/C26H25N3O5S/c1-32-22-13-11-18(15-23(22)33-2)12-14-24(30)29-26(35)28-20-8-6-7-19(16-20)27-25(31)17-34-21-9-4-3-5-10-21/h3-16H,17H2,1-2H3,(H,27,31)(H2,28,29,30,35)/b14-12+. The molecule has 0 saturated carbocycles. The van der Waals surface area contributed by atoms with Crippen molar-refractivity contribution in [2.45, 2.75) is 0 Å². The lowest BCUT2D eigenvalue weighted by Crippen LogP contribution is -2.32. The lowest BCUT2D eigenvalue weighted by Gasteiger charge is -2.11. The minimum absolute atomic E-state index is 0.114. The number of anilines is 2. The molecule has 3 aromatic carbocycles. The quantitative estimate of drug-likeness (QED) is 0.304. The van der Waals surface area contributed by atoms with Gasteiger partial charge >= 0.3 is 0 Å². The number of rotatable bonds is 9. The van der Waals surface area contributed by atoms with Crippen molar-refractivity contribution in [2.24, 2.45) is 0 Å². The molecule has 3 aromatic rings. The van der Waals surface area contributed by atoms with Crippen LogP contribution in [0.25, 0.3) is 6.08 Å². The molecule has 0 bridgehead atoms. The monoisotopic (exact) mass is 491 g/mol. The number of para-hydroxylation sites is 1. The van der Waals surface area contributed by atoms with E-state index in [0.29, 0.717) is 28.6 Å². The van der Waals surface area contributed by atoms with Crippen LogP contribution in [0.1, 0.15) is 5.56 Å². The molecule has 0 fully saturated rings. The molecule has 3 rings (SSSR count). The Morgan fingerprint density at radius 1 is 0.857 bits per heavy atom. The second-order valence-electron chi connectivity index (χ2n) is 7.12. The first kappa shape index (κ1) is 25.3. The molecule has 0 heterocycles. The van der Waals surface area contributed by atoms with Gasteiger partial charge in [0.2, 0.25) is 5.91 Å². The summed E-state index contributed by atoms with van der Waals surface area (Å²) in [4.78, 5) is 24.4. The summed E-state index contributed by atoms with van der Waals surface area (Å²) >= 11 is 5.22. The number of nitrogens with one attached hydrogen (secondary N) is 3. The van der Waals surface area contributed by atoms with Crippen molar-refractivity contribution in [3.63, 3.8) is 0 Å². The zero-order chi connectivity index (χ0) is 25.0. The number of thiocarbonyl (C=S) groups is 1. The number of hydrogen-bond acceptors (Lipinski definition) is 6. The van der Waals surface area contributed by atoms with E-state index in [1.165, 1.54) is 6.08 Å². The number of benzene rings is 3. The minimum Gasteiger partial charge on any atom is -0.493 e. The third-order valence-electron chi connectivity index (χ3n) is 4.59. The van der Waals surface area contributed by atoms with Crippen LogP contribution in [0.15, 0.2) is 78.9 Å². The van der Waals surface area contributed by atoms with Gasteiger partial charge in [-0.3, -0.25) is 14.9 Å². The van der Waals surface area contributed by atoms with Crippen molar-refractivity contribution in [1.29, 1.82) is 0 Å². The van der Waals surface area contributed by atoms with Crippen LogP contribution in [-0.2, 0) is 9.59 Å². The summed E-state index contributed by atoms with van der Waals surface area (Å²) in [6.07, 6.45) is 2.99. The maximum atomic E-state index is 12.2. The van der Waals surface area contributed by atoms with E-state index in [2.05, 4.69) is 16.0 Å². The van der Waals surface area contributed by atoms with Crippen LogP contribution >= 0.6 is 12.2 Å². The summed E-state index contributed by atoms with van der Waals surface area (Å²) in [7, 11) is 3.10. The van der Waals surface area contributed by atoms with Gasteiger partial charge in [-0.15, -0.1) is 0 Å². The van der Waals surface area contributed by atoms with Gasteiger partial charge in [0, 0.05) is 17.5 Å². The fourth-order valence-electron chi connectivity index (χ4n) is 2.98. The Balaban J connectivity index is 1.49. The molecule has 2 amide bonds. The van der Waals surface area contributed by atoms with Crippen molar-refractivity contribution in [3.8, 4) is 17.2 Å². The maximum Gasteiger partial charge on any atom is 0.262 e. The van der Waals surface area contributed by atoms with Gasteiger partial charge in [-0.25, -0.2) is 0 Å². The summed E-state index contributed by atoms with van der Waals surface area (Å²) in [6, 6.07) is 21.3. The first-order chi connectivity index (χ1) is 17.0. The Morgan fingerprint density at radius 3 is 2.29 bits per heavy atom. The Kier molecular flexibility index (Phi) is 9.21. The van der Waals surface area contributed by atoms with Crippen LogP contribution < -0.4 is 30.2 Å². The van der Waals surface area contributed by atoms with Crippen molar-refractivity contribution in [1.82, 2.24) is 5.32 Å². The average Bonchev–Trinajstić information content (AvgIpc) is 2.86. The predicted molar refractivity (Wildman–Crippen MR) is 140 cm³/mol. The lowest BCUT2D eigenvalue weighted by atomic mass is 10.2. The van der Waals surface area contributed by atoms with Crippen molar-refractivity contribution < 1.29 is 23.8 Å². The molecule has 8 nitrogen and oxygen atoms in total. The van der Waals surface area contributed by atoms with Crippen LogP contribution in [0.2, 0.25) is 0 Å². The third-order valence-corrected chi connectivity index (χ3v) is 4.79. The number of hydrogen-bond donors (Lipinski definition) is 3. The first-order valence-electron chi connectivity index (χ1n) is 10.6. The van der Waals surface area contributed by atoms with Crippen molar-refractivity contribution in [2.75, 3.05) is 31.5 Å². The van der Waals surface area contributed by atoms with Crippen LogP contribution in [0.5, 0.6) is 17.2 Å². The van der Waals surface area contributed by atoms with Gasteiger partial charge < -0.3 is 24.8 Å². The molecule has 0 radical (unpaired) electrons. The highest BCUT2D eigenvalue weighted by molar-refractivity contribution is 7.80. The molecule has 0 aromatic heterocycles. The average molecular weight is 492 g/mol. The first-order valence-corrected chi connectivity index (χ1v) is 11.0. The highest BCUT2D eigenvalue weighted by atomic mass is 32.1. The number of methoxy groups -OCH3 is 2. The Hall–Kier alpha value is -4.37. The fourth-order valence-corrected chi connectivity index (χ4v) is 3.20. The molecule has 3 N–H and O–H groups in total. The SMILES string of the molecule is COc1ccc(/C=C/C(=O)NC(=S)Nc2cccc(NC(=O)COc3ccccc3)c2)cc1OC. The van der Waals surface area contributed by atoms with Gasteiger partial charge in [-0.05, 0) is 66.3 Å². The molecule has 35 heavy (non-hydrogen) atoms. The van der Waals surface area contributed by atoms with Gasteiger partial charge in [-0.1, -0.05) is 30.3 Å². The number of carbonyl (C=O) groups excluding carboxylic acids is 2. The topological polar surface area (TPSA) is 97.9 Å². The van der Waals surface area contributed by atoms with E-state index in [0.717, 1.165) is 5.56 Å². The molecule has 0 aliphatic rings. The maximum absolute atomic E-state index is 12.2. The molecule has 9 heteroatoms. The van der Waals surface area contributed by atoms with E-state index < -0.39 is 5.91 Å². The van der Waals surface area contributed by atoms with Gasteiger partial charge in [0.25, 0.3) is 5.91 Å². The normalized spacial score (nSPS) is 10.3. The van der Waals surface area contributed by atoms with Gasteiger partial charge in [0.15, 0.2) is 23.2 Å². The van der Waals surface area contributed by atoms with E-state index in [1.54, 1.807) is 74.9 Å². The van der Waals surface area contributed by atoms with Crippen molar-refractivity contribution >= 4 is 46.6 Å².